The molecule has 0 saturated heterocycles. The molecule has 0 aromatic carbocycles. The van der Waals surface area contributed by atoms with E-state index in [1.165, 1.54) is 79.0 Å². The molecule has 0 aromatic heterocycles. The molecule has 1 rings (SSSR count). The van der Waals surface area contributed by atoms with Crippen LogP contribution in [0.5, 0.6) is 0 Å². The van der Waals surface area contributed by atoms with Crippen molar-refractivity contribution in [3.8, 4) is 0 Å². The van der Waals surface area contributed by atoms with Gasteiger partial charge in [0.25, 0.3) is 0 Å². The summed E-state index contributed by atoms with van der Waals surface area (Å²) in [5, 5.41) is 0. The minimum absolute atomic E-state index is 1.12. The summed E-state index contributed by atoms with van der Waals surface area (Å²) in [6, 6.07) is 0. The zero-order valence-electron chi connectivity index (χ0n) is 11.3. The maximum atomic E-state index is 2.30. The summed E-state index contributed by atoms with van der Waals surface area (Å²) in [4.78, 5) is 0. The Balaban J connectivity index is 1.93. The van der Waals surface area contributed by atoms with Gasteiger partial charge in [-0.2, -0.15) is 0 Å². The summed E-state index contributed by atoms with van der Waals surface area (Å²) in [7, 11) is 1.29. The maximum Gasteiger partial charge on any atom is -0.0237 e. The maximum absolute atomic E-state index is 2.30. The van der Waals surface area contributed by atoms with Gasteiger partial charge < -0.3 is 0 Å². The first-order valence-corrected chi connectivity index (χ1v) is 8.95. The smallest absolute Gasteiger partial charge is 0.0237 e. The Hall–Kier alpha value is 0.430. The lowest BCUT2D eigenvalue weighted by Gasteiger charge is -2.19. The average Bonchev–Trinajstić information content (AvgIpc) is 2.25. The molecule has 1 saturated carbocycles. The first-order chi connectivity index (χ1) is 7.93. The third kappa shape index (κ3) is 7.66. The van der Waals surface area contributed by atoms with Crippen molar-refractivity contribution in [2.24, 2.45) is 0 Å². The van der Waals surface area contributed by atoms with Crippen LogP contribution in [0.2, 0.25) is 0 Å². The number of hydrogen-bond acceptors (Lipinski definition) is 0. The van der Waals surface area contributed by atoms with Crippen LogP contribution in [0.15, 0.2) is 0 Å². The molecule has 1 aliphatic carbocycles. The molecule has 96 valence electrons. The first kappa shape index (κ1) is 14.5. The van der Waals surface area contributed by atoms with Gasteiger partial charge in [0, 0.05) is 0 Å². The van der Waals surface area contributed by atoms with Crippen LogP contribution in [-0.2, 0) is 0 Å². The van der Waals surface area contributed by atoms with Crippen molar-refractivity contribution in [2.75, 3.05) is 6.16 Å². The molecule has 0 radical (unpaired) electrons. The molecular formula is C15H31P. The second-order valence-corrected chi connectivity index (χ2v) is 7.14. The molecule has 1 unspecified atom stereocenters. The minimum atomic E-state index is 1.12. The van der Waals surface area contributed by atoms with Crippen LogP contribution in [0.1, 0.15) is 84.0 Å². The van der Waals surface area contributed by atoms with E-state index in [2.05, 4.69) is 6.92 Å². The van der Waals surface area contributed by atoms with Gasteiger partial charge in [0.05, 0.1) is 0 Å². The summed E-state index contributed by atoms with van der Waals surface area (Å²) in [5.41, 5.74) is 1.12. The zero-order valence-corrected chi connectivity index (χ0v) is 12.3. The van der Waals surface area contributed by atoms with Crippen molar-refractivity contribution in [1.82, 2.24) is 0 Å². The third-order valence-electron chi connectivity index (χ3n) is 3.82. The molecule has 0 heterocycles. The van der Waals surface area contributed by atoms with Gasteiger partial charge in [0.1, 0.15) is 0 Å². The molecule has 16 heavy (non-hydrogen) atoms. The molecule has 1 heteroatoms. The van der Waals surface area contributed by atoms with Crippen molar-refractivity contribution in [3.05, 3.63) is 0 Å². The van der Waals surface area contributed by atoms with E-state index in [-0.39, 0.29) is 0 Å². The Bertz CT molecular complexity index is 136. The van der Waals surface area contributed by atoms with Gasteiger partial charge in [-0.15, -0.1) is 8.58 Å². The van der Waals surface area contributed by atoms with Gasteiger partial charge in [-0.3, -0.25) is 0 Å². The topological polar surface area (TPSA) is 0 Å². The van der Waals surface area contributed by atoms with E-state index in [1.54, 1.807) is 12.8 Å². The molecular weight excluding hydrogens is 211 g/mol. The van der Waals surface area contributed by atoms with Gasteiger partial charge in [0.2, 0.25) is 0 Å². The molecule has 0 nitrogen and oxygen atoms in total. The van der Waals surface area contributed by atoms with Gasteiger partial charge in [0.15, 0.2) is 0 Å². The highest BCUT2D eigenvalue weighted by molar-refractivity contribution is 7.38. The van der Waals surface area contributed by atoms with Crippen LogP contribution in [0.3, 0.4) is 0 Å². The first-order valence-electron chi connectivity index (χ1n) is 7.67. The summed E-state index contributed by atoms with van der Waals surface area (Å²) in [6.45, 7) is 2.30. The van der Waals surface area contributed by atoms with E-state index in [1.807, 2.05) is 0 Å². The highest BCUT2D eigenvalue weighted by atomic mass is 31.1. The molecule has 0 spiro atoms. The van der Waals surface area contributed by atoms with Crippen LogP contribution in [0.4, 0.5) is 0 Å². The Morgan fingerprint density at radius 1 is 0.812 bits per heavy atom. The molecule has 0 N–H and O–H groups in total. The lowest BCUT2D eigenvalue weighted by molar-refractivity contribution is 0.510. The largest absolute Gasteiger partial charge is 0.119 e. The standard InChI is InChI=1S/C15H31P/c1-2-3-4-8-11-14-16-15-12-9-6-5-7-10-13-15/h15-16H,2-14H2,1H3. The molecule has 0 bridgehead atoms. The Morgan fingerprint density at radius 2 is 1.44 bits per heavy atom. The fourth-order valence-corrected chi connectivity index (χ4v) is 4.37. The molecule has 1 atom stereocenters. The van der Waals surface area contributed by atoms with Crippen LogP contribution < -0.4 is 0 Å². The summed E-state index contributed by atoms with van der Waals surface area (Å²) >= 11 is 0. The van der Waals surface area contributed by atoms with Crippen molar-refractivity contribution in [1.29, 1.82) is 0 Å². The third-order valence-corrected chi connectivity index (χ3v) is 5.62. The van der Waals surface area contributed by atoms with E-state index in [0.717, 1.165) is 5.66 Å². The summed E-state index contributed by atoms with van der Waals surface area (Å²) in [5.74, 6) is 0. The lowest BCUT2D eigenvalue weighted by atomic mass is 10.0. The Morgan fingerprint density at radius 3 is 2.12 bits per heavy atom. The van der Waals surface area contributed by atoms with Crippen LogP contribution in [-0.4, -0.2) is 11.8 Å². The van der Waals surface area contributed by atoms with E-state index < -0.39 is 0 Å². The minimum Gasteiger partial charge on any atom is -0.119 e. The zero-order chi connectivity index (χ0) is 11.5. The van der Waals surface area contributed by atoms with Crippen molar-refractivity contribution in [3.63, 3.8) is 0 Å². The highest BCUT2D eigenvalue weighted by Crippen LogP contribution is 2.31. The van der Waals surface area contributed by atoms with E-state index in [4.69, 9.17) is 0 Å². The molecule has 1 aliphatic rings. The van der Waals surface area contributed by atoms with Gasteiger partial charge in [-0.1, -0.05) is 64.7 Å². The van der Waals surface area contributed by atoms with E-state index >= 15 is 0 Å². The number of rotatable bonds is 7. The summed E-state index contributed by atoms with van der Waals surface area (Å²) < 4.78 is 0. The predicted molar refractivity (Wildman–Crippen MR) is 78.0 cm³/mol. The van der Waals surface area contributed by atoms with Gasteiger partial charge in [-0.25, -0.2) is 0 Å². The molecule has 0 aromatic rings. The SMILES string of the molecule is CCCCCCCPC1CCCCCCC1. The average molecular weight is 242 g/mol. The van der Waals surface area contributed by atoms with Crippen LogP contribution >= 0.6 is 8.58 Å². The second kappa shape index (κ2) is 10.6. The lowest BCUT2D eigenvalue weighted by Crippen LogP contribution is -2.04. The molecule has 1 fully saturated rings. The van der Waals surface area contributed by atoms with Crippen LogP contribution in [0, 0.1) is 0 Å². The van der Waals surface area contributed by atoms with E-state index in [9.17, 15) is 0 Å². The van der Waals surface area contributed by atoms with Gasteiger partial charge >= 0.3 is 0 Å². The van der Waals surface area contributed by atoms with E-state index in [0.29, 0.717) is 0 Å². The molecule has 0 aliphatic heterocycles. The normalized spacial score (nSPS) is 20.1. The Kier molecular flexibility index (Phi) is 9.58. The second-order valence-electron chi connectivity index (χ2n) is 5.41. The fraction of sp³-hybridized carbons (Fsp3) is 1.00. The predicted octanol–water partition coefficient (Wildman–Crippen LogP) is 5.75. The number of unbranched alkanes of at least 4 members (excludes halogenated alkanes) is 4. The van der Waals surface area contributed by atoms with Crippen LogP contribution in [0.25, 0.3) is 0 Å². The molecule has 0 amide bonds. The number of hydrogen-bond donors (Lipinski definition) is 0. The quantitative estimate of drug-likeness (QED) is 0.394. The highest BCUT2D eigenvalue weighted by Gasteiger charge is 2.10. The van der Waals surface area contributed by atoms with Crippen molar-refractivity contribution < 1.29 is 0 Å². The van der Waals surface area contributed by atoms with Gasteiger partial charge in [-0.05, 0) is 31.1 Å². The Labute approximate surface area is 105 Å². The van der Waals surface area contributed by atoms with Crippen molar-refractivity contribution in [2.45, 2.75) is 89.6 Å². The summed E-state index contributed by atoms with van der Waals surface area (Å²) in [6.07, 6.45) is 19.5. The van der Waals surface area contributed by atoms with Crippen molar-refractivity contribution >= 4 is 8.58 Å². The fourth-order valence-electron chi connectivity index (χ4n) is 2.70. The monoisotopic (exact) mass is 242 g/mol.